The molecular formula is C23H8Cl9N. The highest BCUT2D eigenvalue weighted by atomic mass is 35.5. The van der Waals surface area contributed by atoms with Crippen LogP contribution < -0.4 is 0 Å². The van der Waals surface area contributed by atoms with Crippen LogP contribution in [-0.2, 0) is 0 Å². The van der Waals surface area contributed by atoms with E-state index in [9.17, 15) is 0 Å². The van der Waals surface area contributed by atoms with Gasteiger partial charge in [-0.3, -0.25) is 0 Å². The number of nitrogens with zero attached hydrogens (tertiary/aromatic N) is 1. The lowest BCUT2D eigenvalue weighted by Crippen LogP contribution is -1.94. The SMILES string of the molecule is Clc1cc(-c2ccc(-c3cc(Cl)c(Cl)c(Cl)c3)c(-c3cc(Cl)c(Cl)c(Cl)c3)n2)cc(Cl)c1Cl. The Hall–Kier alpha value is -0.580. The molecule has 1 nitrogen and oxygen atoms in total. The third kappa shape index (κ3) is 5.19. The minimum atomic E-state index is 0.244. The van der Waals surface area contributed by atoms with Crippen LogP contribution in [0, 0.1) is 0 Å². The van der Waals surface area contributed by atoms with Crippen molar-refractivity contribution in [2.24, 2.45) is 0 Å². The van der Waals surface area contributed by atoms with Gasteiger partial charge in [0.2, 0.25) is 0 Å². The van der Waals surface area contributed by atoms with Gasteiger partial charge >= 0.3 is 0 Å². The normalized spacial score (nSPS) is 11.2. The maximum atomic E-state index is 6.30. The fraction of sp³-hybridized carbons (Fsp3) is 0. The first-order chi connectivity index (χ1) is 15.6. The van der Waals surface area contributed by atoms with E-state index in [0.29, 0.717) is 53.7 Å². The van der Waals surface area contributed by atoms with Gasteiger partial charge < -0.3 is 0 Å². The monoisotopic (exact) mass is 613 g/mol. The highest BCUT2D eigenvalue weighted by Gasteiger charge is 2.18. The smallest absolute Gasteiger partial charge is 0.0788 e. The summed E-state index contributed by atoms with van der Waals surface area (Å²) in [6.07, 6.45) is 0. The second-order valence-electron chi connectivity index (χ2n) is 6.85. The summed E-state index contributed by atoms with van der Waals surface area (Å²) in [6.45, 7) is 0. The van der Waals surface area contributed by atoms with Gasteiger partial charge in [0.15, 0.2) is 0 Å². The summed E-state index contributed by atoms with van der Waals surface area (Å²) in [5, 5.41) is 2.55. The summed E-state index contributed by atoms with van der Waals surface area (Å²) < 4.78 is 0. The van der Waals surface area contributed by atoms with E-state index in [-0.39, 0.29) is 25.1 Å². The number of benzene rings is 3. The standard InChI is InChI=1S/C23H8Cl9N/c24-13-3-9(4-14(25)20(13)30)12-1-2-19(10-5-15(26)21(31)16(27)6-10)33-23(12)11-7-17(28)22(32)18(29)8-11/h1-8H. The van der Waals surface area contributed by atoms with Gasteiger partial charge in [-0.1, -0.05) is 110 Å². The van der Waals surface area contributed by atoms with Crippen LogP contribution in [0.2, 0.25) is 45.2 Å². The van der Waals surface area contributed by atoms with Crippen LogP contribution in [0.4, 0.5) is 0 Å². The van der Waals surface area contributed by atoms with E-state index in [1.807, 2.05) is 12.1 Å². The molecule has 0 radical (unpaired) electrons. The summed E-state index contributed by atoms with van der Waals surface area (Å²) >= 11 is 56.0. The Labute approximate surface area is 235 Å². The zero-order valence-corrected chi connectivity index (χ0v) is 22.8. The Kier molecular flexibility index (Phi) is 7.88. The minimum absolute atomic E-state index is 0.244. The molecule has 0 bridgehead atoms. The molecule has 0 fully saturated rings. The molecule has 0 N–H and O–H groups in total. The van der Waals surface area contributed by atoms with Gasteiger partial charge in [0, 0.05) is 16.7 Å². The molecule has 0 spiro atoms. The Bertz CT molecular complexity index is 1350. The molecule has 10 heteroatoms. The molecule has 0 amide bonds. The lowest BCUT2D eigenvalue weighted by atomic mass is 9.97. The van der Waals surface area contributed by atoms with Crippen molar-refractivity contribution in [3.05, 3.63) is 93.7 Å². The van der Waals surface area contributed by atoms with Crippen LogP contribution in [0.5, 0.6) is 0 Å². The lowest BCUT2D eigenvalue weighted by Gasteiger charge is -2.15. The van der Waals surface area contributed by atoms with Crippen molar-refractivity contribution in [1.82, 2.24) is 4.98 Å². The molecule has 0 saturated carbocycles. The van der Waals surface area contributed by atoms with Gasteiger partial charge in [0.05, 0.1) is 56.6 Å². The Morgan fingerprint density at radius 2 is 0.788 bits per heavy atom. The molecule has 0 aliphatic rings. The average Bonchev–Trinajstić information content (AvgIpc) is 2.78. The number of aromatic nitrogens is 1. The maximum absolute atomic E-state index is 6.30. The maximum Gasteiger partial charge on any atom is 0.0788 e. The fourth-order valence-corrected chi connectivity index (χ4v) is 4.97. The van der Waals surface area contributed by atoms with Crippen molar-refractivity contribution in [3.63, 3.8) is 0 Å². The lowest BCUT2D eigenvalue weighted by molar-refractivity contribution is 1.32. The van der Waals surface area contributed by atoms with E-state index in [1.54, 1.807) is 36.4 Å². The number of halogens is 9. The van der Waals surface area contributed by atoms with Crippen molar-refractivity contribution in [2.45, 2.75) is 0 Å². The van der Waals surface area contributed by atoms with Crippen molar-refractivity contribution in [3.8, 4) is 33.6 Å². The fourth-order valence-electron chi connectivity index (χ4n) is 3.18. The average molecular weight is 617 g/mol. The molecule has 168 valence electrons. The van der Waals surface area contributed by atoms with Gasteiger partial charge in [0.1, 0.15) is 0 Å². The second-order valence-corrected chi connectivity index (χ2v) is 10.4. The molecule has 0 unspecified atom stereocenters. The summed E-state index contributed by atoms with van der Waals surface area (Å²) in [6, 6.07) is 13.8. The van der Waals surface area contributed by atoms with Crippen molar-refractivity contribution in [2.75, 3.05) is 0 Å². The molecule has 0 atom stereocenters. The van der Waals surface area contributed by atoms with E-state index in [2.05, 4.69) is 0 Å². The molecule has 0 aliphatic heterocycles. The topological polar surface area (TPSA) is 12.9 Å². The first-order valence-corrected chi connectivity index (χ1v) is 12.4. The number of hydrogen-bond acceptors (Lipinski definition) is 1. The van der Waals surface area contributed by atoms with E-state index >= 15 is 0 Å². The molecule has 4 aromatic rings. The summed E-state index contributed by atoms with van der Waals surface area (Å²) in [7, 11) is 0. The zero-order valence-electron chi connectivity index (χ0n) is 16.0. The molecule has 33 heavy (non-hydrogen) atoms. The largest absolute Gasteiger partial charge is 0.247 e. The van der Waals surface area contributed by atoms with Crippen LogP contribution >= 0.6 is 104 Å². The molecular weight excluding hydrogens is 609 g/mol. The highest BCUT2D eigenvalue weighted by molar-refractivity contribution is 6.49. The van der Waals surface area contributed by atoms with E-state index in [4.69, 9.17) is 109 Å². The van der Waals surface area contributed by atoms with Crippen molar-refractivity contribution in [1.29, 1.82) is 0 Å². The van der Waals surface area contributed by atoms with Gasteiger partial charge in [-0.05, 0) is 48.0 Å². The van der Waals surface area contributed by atoms with Crippen molar-refractivity contribution >= 4 is 104 Å². The molecule has 0 aliphatic carbocycles. The van der Waals surface area contributed by atoms with E-state index < -0.39 is 0 Å². The van der Waals surface area contributed by atoms with Gasteiger partial charge in [-0.2, -0.15) is 0 Å². The summed E-state index contributed by atoms with van der Waals surface area (Å²) in [5.74, 6) is 0. The predicted octanol–water partition coefficient (Wildman–Crippen LogP) is 12.0. The Morgan fingerprint density at radius 1 is 0.424 bits per heavy atom. The van der Waals surface area contributed by atoms with Gasteiger partial charge in [-0.15, -0.1) is 0 Å². The minimum Gasteiger partial charge on any atom is -0.247 e. The Morgan fingerprint density at radius 3 is 1.21 bits per heavy atom. The van der Waals surface area contributed by atoms with Gasteiger partial charge in [-0.25, -0.2) is 4.98 Å². The molecule has 0 saturated heterocycles. The number of pyridine rings is 1. The zero-order chi connectivity index (χ0) is 24.0. The number of rotatable bonds is 3. The second kappa shape index (κ2) is 10.2. The molecule has 3 aromatic carbocycles. The first kappa shape index (κ1) is 25.5. The molecule has 1 aromatic heterocycles. The van der Waals surface area contributed by atoms with E-state index in [0.717, 1.165) is 0 Å². The van der Waals surface area contributed by atoms with E-state index in [1.165, 1.54) is 0 Å². The Balaban J connectivity index is 2.00. The third-order valence-electron chi connectivity index (χ3n) is 4.73. The predicted molar refractivity (Wildman–Crippen MR) is 146 cm³/mol. The molecule has 4 rings (SSSR count). The number of hydrogen-bond donors (Lipinski definition) is 0. The van der Waals surface area contributed by atoms with Gasteiger partial charge in [0.25, 0.3) is 0 Å². The van der Waals surface area contributed by atoms with Crippen LogP contribution in [0.1, 0.15) is 0 Å². The van der Waals surface area contributed by atoms with Crippen LogP contribution in [0.3, 0.4) is 0 Å². The summed E-state index contributed by atoms with van der Waals surface area (Å²) in [4.78, 5) is 4.86. The summed E-state index contributed by atoms with van der Waals surface area (Å²) in [5.41, 5.74) is 3.82. The van der Waals surface area contributed by atoms with Crippen molar-refractivity contribution < 1.29 is 0 Å². The van der Waals surface area contributed by atoms with Crippen LogP contribution in [-0.4, -0.2) is 4.98 Å². The highest BCUT2D eigenvalue weighted by Crippen LogP contribution is 2.42. The van der Waals surface area contributed by atoms with Crippen LogP contribution in [0.25, 0.3) is 33.6 Å². The third-order valence-corrected chi connectivity index (χ3v) is 8.32. The quantitative estimate of drug-likeness (QED) is 0.209. The first-order valence-electron chi connectivity index (χ1n) is 9.02. The van der Waals surface area contributed by atoms with Crippen LogP contribution in [0.15, 0.2) is 48.5 Å². The molecule has 1 heterocycles.